The van der Waals surface area contributed by atoms with Crippen molar-refractivity contribution in [3.8, 4) is 0 Å². The lowest BCUT2D eigenvalue weighted by molar-refractivity contribution is -0.303. The average molecular weight is 594 g/mol. The summed E-state index contributed by atoms with van der Waals surface area (Å²) < 4.78 is 223. The molecule has 0 amide bonds. The van der Waals surface area contributed by atoms with E-state index in [9.17, 15) is 79.8 Å². The first-order chi connectivity index (χ1) is 16.8. The van der Waals surface area contributed by atoms with Crippen LogP contribution in [0.2, 0.25) is 0 Å². The molecular weight excluding hydrogens is 584 g/mol. The van der Waals surface area contributed by atoms with E-state index in [1.54, 1.807) is 0 Å². The van der Waals surface area contributed by atoms with Crippen LogP contribution in [0.4, 0.5) is 70.2 Å². The Morgan fingerprint density at radius 2 is 0.868 bits per heavy atom. The number of carbonyl (C=O) groups is 2. The molecule has 38 heavy (non-hydrogen) atoms. The molecule has 0 saturated heterocycles. The number of allylic oxidation sites excluding steroid dienone is 1. The number of carbonyl (C=O) groups excluding carboxylic acids is 2. The van der Waals surface area contributed by atoms with Gasteiger partial charge in [0, 0.05) is 0 Å². The predicted molar refractivity (Wildman–Crippen MR) is 84.7 cm³/mol. The third kappa shape index (κ3) is 3.38. The maximum Gasteiger partial charge on any atom is 0.382 e. The van der Waals surface area contributed by atoms with Gasteiger partial charge in [0.05, 0.1) is 11.8 Å². The van der Waals surface area contributed by atoms with Crippen LogP contribution in [-0.2, 0) is 19.1 Å². The topological polar surface area (TPSA) is 52.6 Å². The van der Waals surface area contributed by atoms with Gasteiger partial charge in [-0.2, -0.15) is 70.2 Å². The molecule has 2 fully saturated rings. The van der Waals surface area contributed by atoms with Crippen molar-refractivity contribution in [2.45, 2.75) is 72.4 Å². The second kappa shape index (κ2) is 8.04. The fourth-order valence-electron chi connectivity index (χ4n) is 3.99. The quantitative estimate of drug-likeness (QED) is 0.245. The van der Waals surface area contributed by atoms with Gasteiger partial charge in [0.25, 0.3) is 0 Å². The Hall–Kier alpha value is -2.44. The summed E-state index contributed by atoms with van der Waals surface area (Å²) in [6, 6.07) is 0. The first-order valence-electron chi connectivity index (χ1n) is 9.86. The van der Waals surface area contributed by atoms with Crippen LogP contribution < -0.4 is 0 Å². The molecule has 2 saturated carbocycles. The first-order valence-corrected chi connectivity index (χ1v) is 9.86. The van der Waals surface area contributed by atoms with Crippen LogP contribution in [0.3, 0.4) is 0 Å². The molecule has 3 aliphatic rings. The van der Waals surface area contributed by atoms with E-state index in [0.29, 0.717) is 6.08 Å². The van der Waals surface area contributed by atoms with E-state index < -0.39 is 96.2 Å². The van der Waals surface area contributed by atoms with Crippen molar-refractivity contribution in [3.63, 3.8) is 0 Å². The molecule has 0 aromatic heterocycles. The summed E-state index contributed by atoms with van der Waals surface area (Å²) in [6.45, 7) is 0. The van der Waals surface area contributed by atoms with Gasteiger partial charge in [-0.3, -0.25) is 9.59 Å². The van der Waals surface area contributed by atoms with Crippen LogP contribution in [-0.4, -0.2) is 71.5 Å². The minimum atomic E-state index is -6.79. The largest absolute Gasteiger partial charge is 0.449 e. The fourth-order valence-corrected chi connectivity index (χ4v) is 3.99. The fraction of sp³-hybridized carbons (Fsp3) is 0.778. The molecule has 0 radical (unpaired) electrons. The van der Waals surface area contributed by atoms with Crippen LogP contribution in [0, 0.1) is 11.8 Å². The number of ether oxygens (including phenoxy) is 2. The van der Waals surface area contributed by atoms with Crippen molar-refractivity contribution in [3.05, 3.63) is 12.2 Å². The zero-order valence-corrected chi connectivity index (χ0v) is 17.6. The summed E-state index contributed by atoms with van der Waals surface area (Å²) in [5.41, 5.74) is 0. The van der Waals surface area contributed by atoms with Gasteiger partial charge in [0.1, 0.15) is 0 Å². The minimum absolute atomic E-state index is 0.355. The van der Waals surface area contributed by atoms with E-state index >= 15 is 0 Å². The van der Waals surface area contributed by atoms with Crippen molar-refractivity contribution in [2.24, 2.45) is 11.8 Å². The van der Waals surface area contributed by atoms with Crippen LogP contribution in [0.1, 0.15) is 12.8 Å². The third-order valence-electron chi connectivity index (χ3n) is 6.24. The Bertz CT molecular complexity index is 983. The van der Waals surface area contributed by atoms with Crippen LogP contribution in [0.5, 0.6) is 0 Å². The highest BCUT2D eigenvalue weighted by Gasteiger charge is 2.96. The average Bonchev–Trinajstić information content (AvgIpc) is 2.89. The maximum atomic E-state index is 13.7. The second-order valence-electron chi connectivity index (χ2n) is 8.56. The molecule has 0 bridgehead atoms. The Balaban J connectivity index is 1.89. The van der Waals surface area contributed by atoms with E-state index in [1.165, 1.54) is 0 Å². The summed E-state index contributed by atoms with van der Waals surface area (Å²) in [5, 5.41) is 0. The zero-order chi connectivity index (χ0) is 29.7. The number of hydrogen-bond acceptors (Lipinski definition) is 4. The van der Waals surface area contributed by atoms with Crippen molar-refractivity contribution in [1.82, 2.24) is 0 Å². The number of hydrogen-bond donors (Lipinski definition) is 0. The van der Waals surface area contributed by atoms with Gasteiger partial charge in [-0.25, -0.2) is 0 Å². The Morgan fingerprint density at radius 3 is 1.21 bits per heavy atom. The second-order valence-corrected chi connectivity index (χ2v) is 8.56. The van der Waals surface area contributed by atoms with E-state index in [4.69, 9.17) is 0 Å². The maximum absolute atomic E-state index is 13.7. The Kier molecular flexibility index (Phi) is 6.37. The molecule has 3 aliphatic carbocycles. The molecule has 20 heteroatoms. The molecule has 0 aromatic carbocycles. The summed E-state index contributed by atoms with van der Waals surface area (Å²) >= 11 is 0. The van der Waals surface area contributed by atoms with Crippen molar-refractivity contribution in [2.75, 3.05) is 0 Å². The number of esters is 2. The number of halogens is 16. The molecule has 0 heterocycles. The Labute approximate surface area is 198 Å². The van der Waals surface area contributed by atoms with E-state index in [2.05, 4.69) is 9.47 Å². The molecule has 3 rings (SSSR count). The normalized spacial score (nSPS) is 33.6. The SMILES string of the molecule is O=C(OC1C(F)(F)C(F)(F)C(F)(F)C1(F)F)C1C=CCCC1C(=O)OC1C(F)(F)C(F)(F)C(F)(F)C1(F)F. The lowest BCUT2D eigenvalue weighted by atomic mass is 9.84. The van der Waals surface area contributed by atoms with E-state index in [1.807, 2.05) is 0 Å². The van der Waals surface area contributed by atoms with Gasteiger partial charge >= 0.3 is 59.3 Å². The Morgan fingerprint density at radius 1 is 0.553 bits per heavy atom. The molecule has 0 spiro atoms. The molecule has 0 aromatic rings. The van der Waals surface area contributed by atoms with Gasteiger partial charge in [0.2, 0.25) is 12.2 Å². The summed E-state index contributed by atoms with van der Waals surface area (Å²) in [6.07, 6.45) is -9.95. The van der Waals surface area contributed by atoms with E-state index in [0.717, 1.165) is 6.08 Å². The molecule has 0 aliphatic heterocycles. The molecule has 218 valence electrons. The first kappa shape index (κ1) is 30.1. The van der Waals surface area contributed by atoms with Gasteiger partial charge in [0.15, 0.2) is 0 Å². The summed E-state index contributed by atoms with van der Waals surface area (Å²) in [4.78, 5) is 24.4. The zero-order valence-electron chi connectivity index (χ0n) is 17.6. The van der Waals surface area contributed by atoms with Crippen LogP contribution >= 0.6 is 0 Å². The number of alkyl halides is 16. The minimum Gasteiger partial charge on any atom is -0.449 e. The summed E-state index contributed by atoms with van der Waals surface area (Å²) in [7, 11) is 0. The monoisotopic (exact) mass is 594 g/mol. The highest BCUT2D eigenvalue weighted by molar-refractivity contribution is 5.84. The lowest BCUT2D eigenvalue weighted by Gasteiger charge is -2.30. The number of rotatable bonds is 4. The van der Waals surface area contributed by atoms with Gasteiger partial charge in [-0.05, 0) is 12.8 Å². The smallest absolute Gasteiger partial charge is 0.382 e. The van der Waals surface area contributed by atoms with Crippen molar-refractivity contribution in [1.29, 1.82) is 0 Å². The third-order valence-corrected chi connectivity index (χ3v) is 6.24. The van der Waals surface area contributed by atoms with Crippen molar-refractivity contribution < 1.29 is 89.3 Å². The molecule has 0 N–H and O–H groups in total. The molecular formula is C18H10F16O4. The molecule has 2 unspecified atom stereocenters. The summed E-state index contributed by atoms with van der Waals surface area (Å²) in [5.74, 6) is -63.2. The lowest BCUT2D eigenvalue weighted by Crippen LogP contribution is -2.51. The van der Waals surface area contributed by atoms with Crippen LogP contribution in [0.25, 0.3) is 0 Å². The molecule has 4 nitrogen and oxygen atoms in total. The van der Waals surface area contributed by atoms with Crippen molar-refractivity contribution >= 4 is 11.9 Å². The van der Waals surface area contributed by atoms with Gasteiger partial charge in [-0.1, -0.05) is 12.2 Å². The van der Waals surface area contributed by atoms with Gasteiger partial charge < -0.3 is 9.47 Å². The van der Waals surface area contributed by atoms with Crippen LogP contribution in [0.15, 0.2) is 12.2 Å². The highest BCUT2D eigenvalue weighted by Crippen LogP contribution is 2.65. The van der Waals surface area contributed by atoms with E-state index in [-0.39, 0.29) is 0 Å². The highest BCUT2D eigenvalue weighted by atomic mass is 19.4. The molecule has 2 atom stereocenters. The van der Waals surface area contributed by atoms with Gasteiger partial charge in [-0.15, -0.1) is 0 Å². The predicted octanol–water partition coefficient (Wildman–Crippen LogP) is 5.50. The standard InChI is InChI=1S/C18H10F16O4/c19-11(20)9(12(21,22)16(29,30)15(11,27)28)37-7(35)5-3-1-2-4-6(5)8(36)38-10-13(23,24)17(31,32)18(33,34)14(10,25)26/h1,3,5-6,9-10H,2,4H2.